The molecule has 0 unspecified atom stereocenters. The van der Waals surface area contributed by atoms with Gasteiger partial charge in [0.15, 0.2) is 0 Å². The van der Waals surface area contributed by atoms with Gasteiger partial charge in [-0.15, -0.1) is 12.8 Å². The third kappa shape index (κ3) is 15.9. The molecule has 0 aromatic carbocycles. The fourth-order valence-electron chi connectivity index (χ4n) is 0.904. The minimum Gasteiger partial charge on any atom is -0.273 e. The van der Waals surface area contributed by atoms with E-state index in [4.69, 9.17) is 11.8 Å². The van der Waals surface area contributed by atoms with Gasteiger partial charge in [0.1, 0.15) is 0 Å². The van der Waals surface area contributed by atoms with Gasteiger partial charge in [0, 0.05) is 13.1 Å². The van der Waals surface area contributed by atoms with Gasteiger partial charge in [-0.1, -0.05) is 13.8 Å². The molecule has 0 aromatic rings. The first-order valence-corrected chi connectivity index (χ1v) is 5.99. The second-order valence-electron chi connectivity index (χ2n) is 3.10. The van der Waals surface area contributed by atoms with E-state index in [1.165, 1.54) is 0 Å². The van der Waals surface area contributed by atoms with Crippen molar-refractivity contribution in [2.45, 2.75) is 26.7 Å². The van der Waals surface area contributed by atoms with Crippen molar-refractivity contribution in [1.82, 2.24) is 4.42 Å². The molecular weight excluding hydrogens is 265 g/mol. The van der Waals surface area contributed by atoms with Crippen LogP contribution in [0.5, 0.6) is 0 Å². The van der Waals surface area contributed by atoms with Gasteiger partial charge in [0.25, 0.3) is 0 Å². The smallest absolute Gasteiger partial charge is 0.273 e. The van der Waals surface area contributed by atoms with Crippen LogP contribution in [-0.2, 0) is 21.7 Å². The Hall–Kier alpha value is -0.0757. The molecule has 0 aliphatic heterocycles. The van der Waals surface area contributed by atoms with Crippen molar-refractivity contribution in [3.05, 3.63) is 48.6 Å². The van der Waals surface area contributed by atoms with Gasteiger partial charge in [-0.2, -0.15) is 12.2 Å². The summed E-state index contributed by atoms with van der Waals surface area (Å²) in [5, 5.41) is 0. The fraction of sp³-hybridized carbons (Fsp3) is 0.429. The Morgan fingerprint density at radius 3 is 1.47 bits per heavy atom. The normalized spacial score (nSPS) is 13.9. The maximum atomic E-state index is 5.48. The second kappa shape index (κ2) is 15.9. The molecule has 2 rings (SSSR count). The van der Waals surface area contributed by atoms with E-state index in [-0.39, 0.29) is 21.7 Å². The zero-order valence-electron chi connectivity index (χ0n) is 10.6. The van der Waals surface area contributed by atoms with Crippen molar-refractivity contribution in [1.29, 1.82) is 0 Å². The van der Waals surface area contributed by atoms with Crippen LogP contribution in [-0.4, -0.2) is 17.5 Å². The van der Waals surface area contributed by atoms with Crippen LogP contribution in [0.4, 0.5) is 0 Å². The van der Waals surface area contributed by atoms with Gasteiger partial charge >= 0.3 is 21.7 Å². The van der Waals surface area contributed by atoms with Crippen LogP contribution < -0.4 is 0 Å². The minimum atomic E-state index is 0. The topological polar surface area (TPSA) is 3.24 Å². The number of rotatable bonds is 2. The van der Waals surface area contributed by atoms with Crippen LogP contribution in [0.3, 0.4) is 0 Å². The van der Waals surface area contributed by atoms with Crippen molar-refractivity contribution in [2.75, 3.05) is 13.1 Å². The Balaban J connectivity index is 0. The molecule has 3 heteroatoms. The Labute approximate surface area is 126 Å². The molecule has 0 saturated carbocycles. The number of nitrogens with zero attached hydrogens (tertiary/aromatic N) is 1. The number of halogens is 1. The van der Waals surface area contributed by atoms with Gasteiger partial charge in [-0.25, -0.2) is 28.7 Å². The first kappa shape index (κ1) is 19.3. The molecule has 2 aliphatic carbocycles. The van der Waals surface area contributed by atoms with Crippen molar-refractivity contribution in [2.24, 2.45) is 0 Å². The predicted octanol–water partition coefficient (Wildman–Crippen LogP) is 4.09. The van der Waals surface area contributed by atoms with Gasteiger partial charge in [0.2, 0.25) is 0 Å². The molecule has 0 aromatic heterocycles. The molecule has 92 valence electrons. The van der Waals surface area contributed by atoms with Crippen LogP contribution in [0.2, 0.25) is 0 Å². The summed E-state index contributed by atoms with van der Waals surface area (Å²) in [6, 6.07) is 0. The molecule has 0 fully saturated rings. The second-order valence-corrected chi connectivity index (χ2v) is 3.58. The van der Waals surface area contributed by atoms with Gasteiger partial charge in [-0.3, -0.25) is 12.2 Å². The van der Waals surface area contributed by atoms with Crippen molar-refractivity contribution >= 4 is 11.8 Å². The number of hydrogen-bond donors (Lipinski definition) is 0. The molecule has 0 bridgehead atoms. The summed E-state index contributed by atoms with van der Waals surface area (Å²) in [6.07, 6.45) is 20.0. The third-order valence-corrected chi connectivity index (χ3v) is 2.34. The molecule has 0 amide bonds. The molecule has 0 spiro atoms. The van der Waals surface area contributed by atoms with E-state index < -0.39 is 0 Å². The van der Waals surface area contributed by atoms with Gasteiger partial charge in [0.05, 0.1) is 0 Å². The molecule has 0 N–H and O–H groups in total. The third-order valence-electron chi connectivity index (χ3n) is 1.86. The maximum Gasteiger partial charge on any atom is 2.00 e. The molecule has 0 atom stereocenters. The van der Waals surface area contributed by atoms with Crippen molar-refractivity contribution < 1.29 is 21.7 Å². The Morgan fingerprint density at radius 1 is 1.00 bits per heavy atom. The Morgan fingerprint density at radius 2 is 1.41 bits per heavy atom. The monoisotopic (exact) mass is 285 g/mol. The zero-order chi connectivity index (χ0) is 12.1. The number of hydrogen-bond acceptors (Lipinski definition) is 1. The number of allylic oxidation sites excluding steroid dienone is 8. The molecular formula is C14H20ClNTi. The van der Waals surface area contributed by atoms with E-state index in [0.29, 0.717) is 0 Å². The predicted molar refractivity (Wildman–Crippen MR) is 71.9 cm³/mol. The maximum absolute atomic E-state index is 5.48. The molecule has 0 heterocycles. The Kier molecular flexibility index (Phi) is 18.0. The molecule has 17 heavy (non-hydrogen) atoms. The minimum absolute atomic E-state index is 0. The summed E-state index contributed by atoms with van der Waals surface area (Å²) >= 11 is 5.48. The summed E-state index contributed by atoms with van der Waals surface area (Å²) in [5.74, 6) is 0. The molecule has 2 aliphatic rings. The fourth-order valence-corrected chi connectivity index (χ4v) is 0.904. The van der Waals surface area contributed by atoms with Crippen LogP contribution >= 0.6 is 11.8 Å². The van der Waals surface area contributed by atoms with Gasteiger partial charge in [-0.05, 0) is 11.8 Å². The van der Waals surface area contributed by atoms with E-state index in [1.54, 1.807) is 4.42 Å². The van der Waals surface area contributed by atoms with E-state index in [2.05, 4.69) is 24.3 Å². The quantitative estimate of drug-likeness (QED) is 0.420. The Bertz CT molecular complexity index is 211. The van der Waals surface area contributed by atoms with E-state index in [1.807, 2.05) is 38.2 Å². The molecule has 0 radical (unpaired) electrons. The van der Waals surface area contributed by atoms with E-state index in [9.17, 15) is 0 Å². The van der Waals surface area contributed by atoms with Crippen LogP contribution in [0.15, 0.2) is 36.5 Å². The summed E-state index contributed by atoms with van der Waals surface area (Å²) in [5.41, 5.74) is 0. The van der Waals surface area contributed by atoms with Crippen molar-refractivity contribution in [3.63, 3.8) is 0 Å². The van der Waals surface area contributed by atoms with E-state index >= 15 is 0 Å². The zero-order valence-corrected chi connectivity index (χ0v) is 12.9. The molecule has 0 saturated heterocycles. The van der Waals surface area contributed by atoms with Crippen molar-refractivity contribution in [3.8, 4) is 0 Å². The van der Waals surface area contributed by atoms with Crippen LogP contribution in [0, 0.1) is 12.2 Å². The molecule has 1 nitrogen and oxygen atoms in total. The summed E-state index contributed by atoms with van der Waals surface area (Å²) in [6.45, 7) is 5.91. The summed E-state index contributed by atoms with van der Waals surface area (Å²) in [7, 11) is 0. The van der Waals surface area contributed by atoms with Crippen LogP contribution in [0.25, 0.3) is 0 Å². The SMILES string of the molecule is CCN(Cl)CC.[C-]1=CC=CC1.[C-]1=CC=CC1.[Ti+2]. The average Bonchev–Trinajstić information content (AvgIpc) is 3.03. The standard InChI is InChI=1S/2C5H5.C4H10ClN.Ti/c2*1-2-4-5-3-1;1-3-6(5)4-2;/h2*1-3H,4H2;3-4H2,1-2H3;/q2*-1;;+2. The van der Waals surface area contributed by atoms with Crippen LogP contribution in [0.1, 0.15) is 26.7 Å². The summed E-state index contributed by atoms with van der Waals surface area (Å²) < 4.78 is 1.72. The summed E-state index contributed by atoms with van der Waals surface area (Å²) in [4.78, 5) is 0. The van der Waals surface area contributed by atoms with Gasteiger partial charge < -0.3 is 0 Å². The average molecular weight is 286 g/mol. The van der Waals surface area contributed by atoms with E-state index in [0.717, 1.165) is 25.9 Å². The largest absolute Gasteiger partial charge is 2.00 e. The first-order valence-electron chi connectivity index (χ1n) is 5.65. The first-order chi connectivity index (χ1) is 7.81.